The molecule has 0 atom stereocenters. The van der Waals surface area contributed by atoms with Crippen LogP contribution in [0.15, 0.2) is 121 Å². The van der Waals surface area contributed by atoms with Crippen molar-refractivity contribution in [2.45, 2.75) is 0 Å². The minimum atomic E-state index is -2.97. The van der Waals surface area contributed by atoms with Crippen molar-refractivity contribution in [3.63, 3.8) is 0 Å². The van der Waals surface area contributed by atoms with E-state index in [4.69, 9.17) is 0 Å². The molecule has 0 aliphatic carbocycles. The van der Waals surface area contributed by atoms with Crippen LogP contribution in [0, 0.1) is 45.9 Å². The highest BCUT2D eigenvalue weighted by Gasteiger charge is 2.26. The molecule has 33 heavy (non-hydrogen) atoms. The van der Waals surface area contributed by atoms with Gasteiger partial charge in [-0.2, -0.15) is 0 Å². The fourth-order valence-electron chi connectivity index (χ4n) is 2.94. The van der Waals surface area contributed by atoms with E-state index in [1.165, 1.54) is 0 Å². The van der Waals surface area contributed by atoms with Crippen LogP contribution in [0.5, 0.6) is 0 Å². The second-order valence-electron chi connectivity index (χ2n) is 7.21. The third-order valence-electron chi connectivity index (χ3n) is 4.67. The van der Waals surface area contributed by atoms with Crippen LogP contribution in [0.25, 0.3) is 0 Å². The zero-order chi connectivity index (χ0) is 22.6. The highest BCUT2D eigenvalue weighted by Crippen LogP contribution is 2.06. The molecule has 0 bridgehead atoms. The Morgan fingerprint density at radius 2 is 0.515 bits per heavy atom. The van der Waals surface area contributed by atoms with E-state index in [0.717, 1.165) is 22.3 Å². The van der Waals surface area contributed by atoms with E-state index in [2.05, 4.69) is 45.9 Å². The van der Waals surface area contributed by atoms with Crippen LogP contribution in [-0.4, -0.2) is 8.07 Å². The van der Waals surface area contributed by atoms with Crippen LogP contribution in [0.4, 0.5) is 0 Å². The first-order valence-corrected chi connectivity index (χ1v) is 12.6. The van der Waals surface area contributed by atoms with Gasteiger partial charge < -0.3 is 0 Å². The summed E-state index contributed by atoms with van der Waals surface area (Å²) in [7, 11) is -2.97. The number of hydrogen-bond acceptors (Lipinski definition) is 0. The Bertz CT molecular complexity index is 1210. The molecule has 152 valence electrons. The maximum atomic E-state index is 3.43. The first-order chi connectivity index (χ1) is 16.3. The lowest BCUT2D eigenvalue weighted by Crippen LogP contribution is -2.29. The summed E-state index contributed by atoms with van der Waals surface area (Å²) in [6.45, 7) is 0. The van der Waals surface area contributed by atoms with Gasteiger partial charge in [0.1, 0.15) is 0 Å². The zero-order valence-electron chi connectivity index (χ0n) is 18.0. The van der Waals surface area contributed by atoms with E-state index in [1.807, 2.05) is 121 Å². The Morgan fingerprint density at radius 1 is 0.303 bits per heavy atom. The maximum Gasteiger partial charge on any atom is 0.370 e. The molecule has 0 unspecified atom stereocenters. The molecule has 0 amide bonds. The lowest BCUT2D eigenvalue weighted by Gasteiger charge is -2.04. The summed E-state index contributed by atoms with van der Waals surface area (Å²) in [5.41, 5.74) is 17.4. The first kappa shape index (κ1) is 21.6. The molecule has 0 aliphatic heterocycles. The summed E-state index contributed by atoms with van der Waals surface area (Å²) < 4.78 is 0. The Balaban J connectivity index is 1.88. The zero-order valence-corrected chi connectivity index (χ0v) is 19.0. The summed E-state index contributed by atoms with van der Waals surface area (Å²) in [4.78, 5) is 0. The van der Waals surface area contributed by atoms with Crippen molar-refractivity contribution in [2.75, 3.05) is 0 Å². The SMILES string of the molecule is C(#C[Si](C#Cc1ccccc1)(C#Cc1ccccc1)C#Cc1ccccc1)c1ccccc1. The number of benzene rings is 4. The monoisotopic (exact) mass is 432 g/mol. The van der Waals surface area contributed by atoms with E-state index < -0.39 is 8.07 Å². The van der Waals surface area contributed by atoms with Gasteiger partial charge in [0.05, 0.1) is 0 Å². The van der Waals surface area contributed by atoms with Gasteiger partial charge in [0.2, 0.25) is 0 Å². The molecular weight excluding hydrogens is 412 g/mol. The van der Waals surface area contributed by atoms with Crippen LogP contribution in [0.1, 0.15) is 22.3 Å². The first-order valence-electron chi connectivity index (χ1n) is 10.6. The van der Waals surface area contributed by atoms with Crippen LogP contribution >= 0.6 is 0 Å². The van der Waals surface area contributed by atoms with Gasteiger partial charge in [-0.1, -0.05) is 119 Å². The fourth-order valence-corrected chi connectivity index (χ4v) is 4.64. The Hall–Kier alpha value is -4.66. The van der Waals surface area contributed by atoms with Crippen LogP contribution in [0.3, 0.4) is 0 Å². The minimum absolute atomic E-state index is 0.930. The smallest absolute Gasteiger partial charge is 0.0825 e. The third kappa shape index (κ3) is 6.66. The number of rotatable bonds is 0. The molecule has 0 aromatic heterocycles. The van der Waals surface area contributed by atoms with E-state index >= 15 is 0 Å². The summed E-state index contributed by atoms with van der Waals surface area (Å²) in [6.07, 6.45) is 0. The van der Waals surface area contributed by atoms with Crippen molar-refractivity contribution in [3.05, 3.63) is 144 Å². The molecule has 0 N–H and O–H groups in total. The molecule has 4 aromatic rings. The van der Waals surface area contributed by atoms with Gasteiger partial charge in [0.25, 0.3) is 0 Å². The van der Waals surface area contributed by atoms with Crippen molar-refractivity contribution in [3.8, 4) is 45.9 Å². The molecule has 4 rings (SSSR count). The average molecular weight is 433 g/mol. The Kier molecular flexibility index (Phi) is 7.25. The van der Waals surface area contributed by atoms with Crippen LogP contribution in [-0.2, 0) is 0 Å². The molecule has 0 saturated carbocycles. The lowest BCUT2D eigenvalue weighted by molar-refractivity contribution is 1.65. The molecule has 4 aromatic carbocycles. The maximum absolute atomic E-state index is 3.43. The summed E-state index contributed by atoms with van der Waals surface area (Å²) in [6, 6.07) is 39.7. The largest absolute Gasteiger partial charge is 0.370 e. The standard InChI is InChI=1S/C32H20Si/c1-5-13-29(14-6-1)21-25-33(26-22-30-15-7-2-8-16-30,27-23-31-17-9-3-10-18-31)28-24-32-19-11-4-12-20-32/h1-20H. The molecule has 0 saturated heterocycles. The Labute approximate surface area is 197 Å². The van der Waals surface area contributed by atoms with Gasteiger partial charge in [-0.25, -0.2) is 0 Å². The molecule has 0 aliphatic rings. The van der Waals surface area contributed by atoms with Crippen molar-refractivity contribution < 1.29 is 0 Å². The van der Waals surface area contributed by atoms with E-state index in [0.29, 0.717) is 0 Å². The molecule has 0 heterocycles. The van der Waals surface area contributed by atoms with Crippen molar-refractivity contribution in [2.24, 2.45) is 0 Å². The highest BCUT2D eigenvalue weighted by atomic mass is 28.3. The van der Waals surface area contributed by atoms with Crippen LogP contribution < -0.4 is 0 Å². The summed E-state index contributed by atoms with van der Waals surface area (Å²) >= 11 is 0. The molecule has 0 spiro atoms. The van der Waals surface area contributed by atoms with Crippen LogP contribution in [0.2, 0.25) is 0 Å². The Morgan fingerprint density at radius 3 is 0.727 bits per heavy atom. The number of hydrogen-bond donors (Lipinski definition) is 0. The summed E-state index contributed by atoms with van der Waals surface area (Å²) in [5.74, 6) is 13.2. The summed E-state index contributed by atoms with van der Waals surface area (Å²) in [5, 5.41) is 0. The van der Waals surface area contributed by atoms with Gasteiger partial charge in [0.15, 0.2) is 0 Å². The second kappa shape index (κ2) is 11.1. The van der Waals surface area contributed by atoms with E-state index in [-0.39, 0.29) is 0 Å². The fraction of sp³-hybridized carbons (Fsp3) is 0. The second-order valence-corrected chi connectivity index (χ2v) is 9.71. The van der Waals surface area contributed by atoms with Gasteiger partial charge in [-0.05, 0) is 48.5 Å². The van der Waals surface area contributed by atoms with Gasteiger partial charge >= 0.3 is 8.07 Å². The van der Waals surface area contributed by atoms with Crippen molar-refractivity contribution >= 4 is 8.07 Å². The third-order valence-corrected chi connectivity index (χ3v) is 6.67. The minimum Gasteiger partial charge on any atom is -0.0825 e. The van der Waals surface area contributed by atoms with Gasteiger partial charge in [0, 0.05) is 22.3 Å². The van der Waals surface area contributed by atoms with Gasteiger partial charge in [-0.3, -0.25) is 0 Å². The predicted octanol–water partition coefficient (Wildman–Crippen LogP) is 5.80. The molecule has 0 nitrogen and oxygen atoms in total. The predicted molar refractivity (Wildman–Crippen MR) is 139 cm³/mol. The topological polar surface area (TPSA) is 0 Å². The molecule has 1 heteroatoms. The van der Waals surface area contributed by atoms with Gasteiger partial charge in [-0.15, -0.1) is 0 Å². The molecule has 0 radical (unpaired) electrons. The lowest BCUT2D eigenvalue weighted by atomic mass is 10.2. The average Bonchev–Trinajstić information content (AvgIpc) is 2.90. The quantitative estimate of drug-likeness (QED) is 0.243. The van der Waals surface area contributed by atoms with E-state index in [1.54, 1.807) is 0 Å². The molecule has 0 fully saturated rings. The van der Waals surface area contributed by atoms with Crippen molar-refractivity contribution in [1.82, 2.24) is 0 Å². The van der Waals surface area contributed by atoms with Crippen molar-refractivity contribution in [1.29, 1.82) is 0 Å². The normalized spacial score (nSPS) is 9.45. The molecular formula is C32H20Si. The van der Waals surface area contributed by atoms with E-state index in [9.17, 15) is 0 Å². The highest BCUT2D eigenvalue weighted by molar-refractivity contribution is 7.06.